The molecule has 0 radical (unpaired) electrons. The standard InChI is InChI=1S/C18H22Cl2N6O/c1-2-12-5-3-4-8-26(12)17-15(21)16(22-10-23-17)24-25-18(27)13-7-6-11(19)9-14(13)20/h6-7,9-10,12H,2-5,8,21H2,1H3,(H,25,27)(H,22,23,24). The van der Waals surface area contributed by atoms with Gasteiger partial charge >= 0.3 is 0 Å². The molecule has 1 amide bonds. The Bertz CT molecular complexity index is 831. The maximum absolute atomic E-state index is 12.4. The number of nitrogens with one attached hydrogen (secondary N) is 2. The van der Waals surface area contributed by atoms with E-state index in [9.17, 15) is 4.79 Å². The van der Waals surface area contributed by atoms with Crippen molar-refractivity contribution in [2.45, 2.75) is 38.6 Å². The van der Waals surface area contributed by atoms with Crippen LogP contribution >= 0.6 is 23.2 Å². The molecule has 1 saturated heterocycles. The number of carbonyl (C=O) groups is 1. The van der Waals surface area contributed by atoms with E-state index >= 15 is 0 Å². The van der Waals surface area contributed by atoms with E-state index in [1.54, 1.807) is 12.1 Å². The van der Waals surface area contributed by atoms with Gasteiger partial charge in [-0.3, -0.25) is 15.6 Å². The van der Waals surface area contributed by atoms with E-state index in [4.69, 9.17) is 28.9 Å². The number of aromatic nitrogens is 2. The molecule has 1 aliphatic rings. The molecule has 1 aromatic heterocycles. The van der Waals surface area contributed by atoms with Crippen molar-refractivity contribution >= 4 is 46.4 Å². The second kappa shape index (κ2) is 8.63. The molecule has 4 N–H and O–H groups in total. The van der Waals surface area contributed by atoms with Crippen LogP contribution in [0.25, 0.3) is 0 Å². The van der Waals surface area contributed by atoms with Crippen LogP contribution in [-0.2, 0) is 0 Å². The number of halogens is 2. The lowest BCUT2D eigenvalue weighted by Crippen LogP contribution is -2.40. The van der Waals surface area contributed by atoms with Gasteiger partial charge in [-0.1, -0.05) is 30.1 Å². The third-order valence-corrected chi connectivity index (χ3v) is 5.25. The minimum absolute atomic E-state index is 0.261. The molecule has 0 spiro atoms. The molecule has 27 heavy (non-hydrogen) atoms. The highest BCUT2D eigenvalue weighted by Crippen LogP contribution is 2.31. The van der Waals surface area contributed by atoms with Gasteiger partial charge in [-0.05, 0) is 43.9 Å². The fourth-order valence-electron chi connectivity index (χ4n) is 3.28. The summed E-state index contributed by atoms with van der Waals surface area (Å²) in [6.07, 6.45) is 5.90. The van der Waals surface area contributed by atoms with E-state index in [1.807, 2.05) is 0 Å². The number of hydrazine groups is 1. The van der Waals surface area contributed by atoms with E-state index in [0.717, 1.165) is 25.8 Å². The van der Waals surface area contributed by atoms with E-state index in [2.05, 4.69) is 32.6 Å². The Morgan fingerprint density at radius 2 is 2.15 bits per heavy atom. The first-order valence-electron chi connectivity index (χ1n) is 8.89. The van der Waals surface area contributed by atoms with Crippen LogP contribution in [-0.4, -0.2) is 28.5 Å². The molecule has 144 valence electrons. The molecule has 0 bridgehead atoms. The first-order chi connectivity index (χ1) is 13.0. The van der Waals surface area contributed by atoms with Crippen molar-refractivity contribution in [1.29, 1.82) is 0 Å². The van der Waals surface area contributed by atoms with Crippen LogP contribution in [0.2, 0.25) is 10.0 Å². The monoisotopic (exact) mass is 408 g/mol. The molecule has 2 aromatic rings. The Morgan fingerprint density at radius 3 is 2.89 bits per heavy atom. The smallest absolute Gasteiger partial charge is 0.271 e. The van der Waals surface area contributed by atoms with Gasteiger partial charge in [0.25, 0.3) is 5.91 Å². The predicted octanol–water partition coefficient (Wildman–Crippen LogP) is 3.89. The number of hydrogen-bond donors (Lipinski definition) is 3. The molecule has 2 heterocycles. The van der Waals surface area contributed by atoms with Crippen LogP contribution in [0, 0.1) is 0 Å². The van der Waals surface area contributed by atoms with Crippen LogP contribution in [0.4, 0.5) is 17.3 Å². The van der Waals surface area contributed by atoms with Gasteiger partial charge < -0.3 is 10.6 Å². The summed E-state index contributed by atoms with van der Waals surface area (Å²) in [5.74, 6) is 0.623. The molecule has 9 heteroatoms. The van der Waals surface area contributed by atoms with Gasteiger partial charge in [0.1, 0.15) is 12.0 Å². The second-order valence-electron chi connectivity index (χ2n) is 6.41. The summed E-state index contributed by atoms with van der Waals surface area (Å²) in [6.45, 7) is 3.07. The largest absolute Gasteiger partial charge is 0.393 e. The summed E-state index contributed by atoms with van der Waals surface area (Å²) >= 11 is 11.9. The number of nitrogens with two attached hydrogens (primary N) is 1. The summed E-state index contributed by atoms with van der Waals surface area (Å²) in [4.78, 5) is 23.1. The zero-order valence-electron chi connectivity index (χ0n) is 15.0. The number of anilines is 3. The van der Waals surface area contributed by atoms with Crippen molar-refractivity contribution in [1.82, 2.24) is 15.4 Å². The normalized spacial score (nSPS) is 16.9. The van der Waals surface area contributed by atoms with Gasteiger partial charge in [0, 0.05) is 17.6 Å². The number of rotatable bonds is 5. The third kappa shape index (κ3) is 4.36. The fraction of sp³-hybridized carbons (Fsp3) is 0.389. The Kier molecular flexibility index (Phi) is 6.23. The molecular formula is C18H22Cl2N6O. The maximum atomic E-state index is 12.4. The minimum atomic E-state index is -0.416. The SMILES string of the molecule is CCC1CCCCN1c1ncnc(NNC(=O)c2ccc(Cl)cc2Cl)c1N. The Hall–Kier alpha value is -2.25. The minimum Gasteiger partial charge on any atom is -0.393 e. The lowest BCUT2D eigenvalue weighted by Gasteiger charge is -2.36. The van der Waals surface area contributed by atoms with Crippen LogP contribution in [0.1, 0.15) is 43.0 Å². The Labute approximate surface area is 168 Å². The fourth-order valence-corrected chi connectivity index (χ4v) is 3.77. The Balaban J connectivity index is 1.75. The predicted molar refractivity (Wildman–Crippen MR) is 109 cm³/mol. The van der Waals surface area contributed by atoms with Crippen molar-refractivity contribution in [2.24, 2.45) is 0 Å². The van der Waals surface area contributed by atoms with Gasteiger partial charge in [-0.15, -0.1) is 0 Å². The Morgan fingerprint density at radius 1 is 1.33 bits per heavy atom. The second-order valence-corrected chi connectivity index (χ2v) is 7.26. The van der Waals surface area contributed by atoms with Crippen molar-refractivity contribution < 1.29 is 4.79 Å². The lowest BCUT2D eigenvalue weighted by molar-refractivity contribution is 0.0962. The third-order valence-electron chi connectivity index (χ3n) is 4.70. The number of nitrogens with zero attached hydrogens (tertiary/aromatic N) is 3. The number of carbonyl (C=O) groups excluding carboxylic acids is 1. The lowest BCUT2D eigenvalue weighted by atomic mass is 10.00. The van der Waals surface area contributed by atoms with Gasteiger partial charge in [0.05, 0.1) is 10.6 Å². The molecule has 1 unspecified atom stereocenters. The van der Waals surface area contributed by atoms with Gasteiger partial charge in [0.2, 0.25) is 0 Å². The highest BCUT2D eigenvalue weighted by atomic mass is 35.5. The molecule has 0 saturated carbocycles. The molecule has 1 atom stereocenters. The van der Waals surface area contributed by atoms with Gasteiger partial charge in [-0.2, -0.15) is 0 Å². The quantitative estimate of drug-likeness (QED) is 0.649. The summed E-state index contributed by atoms with van der Waals surface area (Å²) < 4.78 is 0. The molecule has 3 rings (SSSR count). The first-order valence-corrected chi connectivity index (χ1v) is 9.65. The summed E-state index contributed by atoms with van der Waals surface area (Å²) in [7, 11) is 0. The molecular weight excluding hydrogens is 387 g/mol. The van der Waals surface area contributed by atoms with E-state index in [-0.39, 0.29) is 5.02 Å². The molecule has 1 aromatic carbocycles. The number of amides is 1. The summed E-state index contributed by atoms with van der Waals surface area (Å²) in [5.41, 5.74) is 12.3. The van der Waals surface area contributed by atoms with Crippen molar-refractivity contribution in [3.8, 4) is 0 Å². The van der Waals surface area contributed by atoms with Crippen molar-refractivity contribution in [3.63, 3.8) is 0 Å². The topological polar surface area (TPSA) is 96.2 Å². The van der Waals surface area contributed by atoms with Gasteiger partial charge in [0.15, 0.2) is 11.6 Å². The average Bonchev–Trinajstić information content (AvgIpc) is 2.67. The van der Waals surface area contributed by atoms with Crippen molar-refractivity contribution in [3.05, 3.63) is 40.1 Å². The van der Waals surface area contributed by atoms with E-state index in [1.165, 1.54) is 18.8 Å². The van der Waals surface area contributed by atoms with Crippen LogP contribution < -0.4 is 21.5 Å². The average molecular weight is 409 g/mol. The van der Waals surface area contributed by atoms with Gasteiger partial charge in [-0.25, -0.2) is 9.97 Å². The zero-order valence-corrected chi connectivity index (χ0v) is 16.5. The number of benzene rings is 1. The maximum Gasteiger partial charge on any atom is 0.271 e. The highest BCUT2D eigenvalue weighted by Gasteiger charge is 2.25. The number of piperidine rings is 1. The first kappa shape index (κ1) is 19.5. The summed E-state index contributed by atoms with van der Waals surface area (Å²) in [6, 6.07) is 5.07. The highest BCUT2D eigenvalue weighted by molar-refractivity contribution is 6.36. The van der Waals surface area contributed by atoms with Crippen molar-refractivity contribution in [2.75, 3.05) is 22.6 Å². The molecule has 1 aliphatic heterocycles. The molecule has 1 fully saturated rings. The van der Waals surface area contributed by atoms with E-state index < -0.39 is 5.91 Å². The summed E-state index contributed by atoms with van der Waals surface area (Å²) in [5, 5.41) is 0.721. The molecule has 0 aliphatic carbocycles. The van der Waals surface area contributed by atoms with Crippen LogP contribution in [0.3, 0.4) is 0 Å². The zero-order chi connectivity index (χ0) is 19.4. The number of nitrogen functional groups attached to an aromatic ring is 1. The van der Waals surface area contributed by atoms with E-state index in [0.29, 0.717) is 34.0 Å². The number of hydrogen-bond acceptors (Lipinski definition) is 6. The van der Waals surface area contributed by atoms with Crippen LogP contribution in [0.5, 0.6) is 0 Å². The van der Waals surface area contributed by atoms with Crippen LogP contribution in [0.15, 0.2) is 24.5 Å². The molecule has 7 nitrogen and oxygen atoms in total.